The van der Waals surface area contributed by atoms with Gasteiger partial charge in [-0.05, 0) is 49.1 Å². The minimum Gasteiger partial charge on any atom is -0.447 e. The third kappa shape index (κ3) is 7.72. The number of halogens is 8. The van der Waals surface area contributed by atoms with Crippen molar-refractivity contribution in [2.45, 2.75) is 70.4 Å². The van der Waals surface area contributed by atoms with E-state index in [1.807, 2.05) is 5.32 Å². The lowest BCUT2D eigenvalue weighted by molar-refractivity contribution is -0.218. The van der Waals surface area contributed by atoms with E-state index >= 15 is 0 Å². The maximum atomic E-state index is 14.8. The van der Waals surface area contributed by atoms with Gasteiger partial charge in [-0.2, -0.15) is 32.1 Å². The molecule has 0 aliphatic carbocycles. The molecule has 3 heterocycles. The second kappa shape index (κ2) is 14.6. The average Bonchev–Trinajstić information content (AvgIpc) is 3.80. The Kier molecular flexibility index (Phi) is 10.8. The van der Waals surface area contributed by atoms with Crippen LogP contribution in [0.15, 0.2) is 61.2 Å². The van der Waals surface area contributed by atoms with Crippen LogP contribution in [0, 0.1) is 10.8 Å². The molecule has 2 aromatic carbocycles. The number of hydrogen-bond acceptors (Lipinski definition) is 7. The van der Waals surface area contributed by atoms with Gasteiger partial charge in [0.15, 0.2) is 11.8 Å². The Balaban J connectivity index is 1.61. The summed E-state index contributed by atoms with van der Waals surface area (Å²) in [4.78, 5) is 32.7. The van der Waals surface area contributed by atoms with Gasteiger partial charge in [-0.15, -0.1) is 0 Å². The summed E-state index contributed by atoms with van der Waals surface area (Å²) in [5.74, 6) is -1.43. The highest BCUT2D eigenvalue weighted by Gasteiger charge is 2.60. The molecule has 12 nitrogen and oxygen atoms in total. The summed E-state index contributed by atoms with van der Waals surface area (Å²) < 4.78 is 104. The number of aryl methyl sites for hydroxylation is 1. The average molecular weight is 786 g/mol. The molecule has 2 aromatic heterocycles. The van der Waals surface area contributed by atoms with Crippen molar-refractivity contribution in [1.82, 2.24) is 40.1 Å². The van der Waals surface area contributed by atoms with Crippen molar-refractivity contribution < 1.29 is 45.1 Å². The van der Waals surface area contributed by atoms with E-state index < -0.39 is 72.7 Å². The first kappa shape index (κ1) is 40.0. The number of amides is 2. The smallest absolute Gasteiger partial charge is 0.407 e. The summed E-state index contributed by atoms with van der Waals surface area (Å²) in [6.07, 6.45) is -6.55. The first-order valence-electron chi connectivity index (χ1n) is 16.2. The Morgan fingerprint density at radius 3 is 2.26 bits per heavy atom. The van der Waals surface area contributed by atoms with E-state index in [1.54, 1.807) is 7.05 Å². The third-order valence-electron chi connectivity index (χ3n) is 9.12. The Morgan fingerprint density at radius 1 is 1.04 bits per heavy atom. The molecule has 5 rings (SSSR count). The van der Waals surface area contributed by atoms with Gasteiger partial charge in [0.05, 0.1) is 28.2 Å². The van der Waals surface area contributed by atoms with Crippen LogP contribution >= 0.6 is 11.6 Å². The molecule has 0 unspecified atom stereocenters. The molecule has 1 fully saturated rings. The molecular formula is C34H35ClF7N9O3. The Morgan fingerprint density at radius 2 is 1.70 bits per heavy atom. The van der Waals surface area contributed by atoms with Crippen LogP contribution in [0.25, 0.3) is 22.5 Å². The molecule has 1 aliphatic rings. The Bertz CT molecular complexity index is 2030. The van der Waals surface area contributed by atoms with E-state index in [0.717, 1.165) is 38.8 Å². The van der Waals surface area contributed by atoms with E-state index in [4.69, 9.17) is 21.7 Å². The Labute approximate surface area is 309 Å². The van der Waals surface area contributed by atoms with Crippen LogP contribution in [0.2, 0.25) is 5.02 Å². The van der Waals surface area contributed by atoms with Crippen molar-refractivity contribution in [2.75, 3.05) is 6.61 Å². The van der Waals surface area contributed by atoms with Crippen molar-refractivity contribution in [3.05, 3.63) is 77.3 Å². The molecule has 0 radical (unpaired) electrons. The lowest BCUT2D eigenvalue weighted by Gasteiger charge is -2.37. The van der Waals surface area contributed by atoms with Crippen molar-refractivity contribution in [2.24, 2.45) is 12.5 Å². The van der Waals surface area contributed by atoms with Crippen molar-refractivity contribution in [3.8, 4) is 22.5 Å². The topological polar surface area (TPSA) is 143 Å². The number of hydrogen-bond donors (Lipinski definition) is 3. The molecule has 0 spiro atoms. The number of nitrogens with zero attached hydrogens (tertiary/aromatic N) is 6. The molecule has 290 valence electrons. The van der Waals surface area contributed by atoms with E-state index in [1.165, 1.54) is 59.7 Å². The van der Waals surface area contributed by atoms with E-state index in [0.29, 0.717) is 15.8 Å². The number of nitrogens with one attached hydrogen (secondary N) is 3. The van der Waals surface area contributed by atoms with Crippen LogP contribution in [0.3, 0.4) is 0 Å². The highest BCUT2D eigenvalue weighted by Crippen LogP contribution is 2.49. The zero-order chi connectivity index (χ0) is 40.0. The summed E-state index contributed by atoms with van der Waals surface area (Å²) in [6, 6.07) is 8.40. The summed E-state index contributed by atoms with van der Waals surface area (Å²) in [7, 11) is 1.58. The molecule has 1 saturated heterocycles. The van der Waals surface area contributed by atoms with Crippen LogP contribution < -0.4 is 10.6 Å². The number of benzene rings is 2. The predicted octanol–water partition coefficient (Wildman–Crippen LogP) is 7.45. The molecule has 0 saturated carbocycles. The molecule has 3 N–H and O–H groups in total. The Hall–Kier alpha value is -5.20. The number of ether oxygens (including phenoxy) is 1. The number of alkyl carbamates (subject to hydrolysis) is 1. The molecule has 0 bridgehead atoms. The van der Waals surface area contributed by atoms with Gasteiger partial charge < -0.3 is 15.4 Å². The van der Waals surface area contributed by atoms with Crippen molar-refractivity contribution >= 4 is 29.6 Å². The van der Waals surface area contributed by atoms with E-state index in [2.05, 4.69) is 20.5 Å². The van der Waals surface area contributed by atoms with Crippen LogP contribution in [-0.2, 0) is 22.1 Å². The summed E-state index contributed by atoms with van der Waals surface area (Å²) >= 11 is 6.49. The maximum Gasteiger partial charge on any atom is 0.407 e. The van der Waals surface area contributed by atoms with Crippen molar-refractivity contribution in [1.29, 1.82) is 5.41 Å². The molecule has 2 atom stereocenters. The van der Waals surface area contributed by atoms with Gasteiger partial charge in [0.2, 0.25) is 0 Å². The van der Waals surface area contributed by atoms with Crippen molar-refractivity contribution in [3.63, 3.8) is 0 Å². The van der Waals surface area contributed by atoms with E-state index in [-0.39, 0.29) is 27.5 Å². The second-order valence-corrected chi connectivity index (χ2v) is 14.3. The van der Waals surface area contributed by atoms with Gasteiger partial charge in [0.25, 0.3) is 12.3 Å². The molecular weight excluding hydrogens is 751 g/mol. The molecule has 54 heavy (non-hydrogen) atoms. The predicted molar refractivity (Wildman–Crippen MR) is 182 cm³/mol. The first-order valence-corrected chi connectivity index (χ1v) is 16.5. The number of rotatable bonds is 12. The lowest BCUT2D eigenvalue weighted by Crippen LogP contribution is -2.51. The van der Waals surface area contributed by atoms with Gasteiger partial charge in [-0.25, -0.2) is 27.9 Å². The summed E-state index contributed by atoms with van der Waals surface area (Å²) in [5, 5.41) is 21.5. The van der Waals surface area contributed by atoms with E-state index in [9.17, 15) is 40.3 Å². The number of guanidine groups is 1. The monoisotopic (exact) mass is 785 g/mol. The molecule has 2 amide bonds. The quantitative estimate of drug-likeness (QED) is 0.127. The maximum absolute atomic E-state index is 14.8. The number of alkyl halides is 7. The SMILES string of the molecule is Cn1ncnc1-c1cc([C@@H](COC(=O)NC(C)(C)C(F)F)N2C(=N)N[C@](CC(C)(C)C(F)(F)F)(c3ccc(-c4cnn(C(F)F)c4)cc3)C2=O)ccc1Cl. The highest BCUT2D eigenvalue weighted by molar-refractivity contribution is 6.33. The van der Waals surface area contributed by atoms with Crippen LogP contribution in [0.1, 0.15) is 57.8 Å². The van der Waals surface area contributed by atoms with Crippen LogP contribution in [0.4, 0.5) is 35.5 Å². The van der Waals surface area contributed by atoms with Crippen LogP contribution in [-0.4, -0.2) is 72.2 Å². The number of carbonyl (C=O) groups is 2. The second-order valence-electron chi connectivity index (χ2n) is 13.9. The number of aromatic nitrogens is 5. The molecule has 20 heteroatoms. The van der Waals surface area contributed by atoms with Gasteiger partial charge in [0.1, 0.15) is 18.5 Å². The fourth-order valence-corrected chi connectivity index (χ4v) is 6.13. The first-order chi connectivity index (χ1) is 25.1. The minimum atomic E-state index is -4.83. The van der Waals surface area contributed by atoms with Gasteiger partial charge in [0, 0.05) is 24.4 Å². The number of carbonyl (C=O) groups excluding carboxylic acids is 2. The standard InChI is InChI=1S/C34H35ClF7N9O3/c1-31(2,34(40,41)42)16-33(21-9-6-18(7-10-21)20-13-45-50(14-20)28(38)39)27(52)51(29(43)47-33)24(15-54-30(53)48-32(3,4)26(36)37)19-8-11-23(35)22(12-19)25-44-17-46-49(25)5/h6-14,17,24,26,28H,15-16H2,1-5H3,(H2,43,47)(H,48,53)/t24-,33-/m1/s1. The molecule has 1 aliphatic heterocycles. The highest BCUT2D eigenvalue weighted by atomic mass is 35.5. The van der Waals surface area contributed by atoms with Gasteiger partial charge >= 0.3 is 18.8 Å². The third-order valence-corrected chi connectivity index (χ3v) is 9.45. The lowest BCUT2D eigenvalue weighted by atomic mass is 9.73. The van der Waals surface area contributed by atoms with Gasteiger partial charge in [-0.3, -0.25) is 15.1 Å². The molecule has 4 aromatic rings. The fraction of sp³-hybridized carbons (Fsp3) is 0.412. The minimum absolute atomic E-state index is 0.00551. The largest absolute Gasteiger partial charge is 0.447 e. The fourth-order valence-electron chi connectivity index (χ4n) is 5.93. The summed E-state index contributed by atoms with van der Waals surface area (Å²) in [5.41, 5.74) is -5.72. The zero-order valence-electron chi connectivity index (χ0n) is 29.4. The van der Waals surface area contributed by atoms with Gasteiger partial charge in [-0.1, -0.05) is 55.8 Å². The van der Waals surface area contributed by atoms with Crippen LogP contribution in [0.5, 0.6) is 0 Å². The normalized spacial score (nSPS) is 17.4. The summed E-state index contributed by atoms with van der Waals surface area (Å²) in [6.45, 7) is 0.223. The zero-order valence-corrected chi connectivity index (χ0v) is 30.1.